The fraction of sp³-hybridized carbons (Fsp3) is 0.263. The van der Waals surface area contributed by atoms with Crippen molar-refractivity contribution in [2.45, 2.75) is 18.9 Å². The molecule has 1 fully saturated rings. The van der Waals surface area contributed by atoms with Crippen LogP contribution in [0.4, 0.5) is 21.9 Å². The van der Waals surface area contributed by atoms with Crippen molar-refractivity contribution in [1.29, 1.82) is 0 Å². The molecule has 1 saturated heterocycles. The topological polar surface area (TPSA) is 73.5 Å². The lowest BCUT2D eigenvalue weighted by Gasteiger charge is -2.25. The maximum Gasteiger partial charge on any atom is 0.319 e. The number of urea groups is 1. The van der Waals surface area contributed by atoms with Gasteiger partial charge in [-0.25, -0.2) is 4.79 Å². The van der Waals surface area contributed by atoms with Gasteiger partial charge in [-0.2, -0.15) is 0 Å². The number of para-hydroxylation sites is 3. The molecule has 0 unspecified atom stereocenters. The van der Waals surface area contributed by atoms with E-state index in [2.05, 4.69) is 16.0 Å². The maximum atomic E-state index is 12.3. The molecule has 130 valence electrons. The highest BCUT2D eigenvalue weighted by molar-refractivity contribution is 5.96. The van der Waals surface area contributed by atoms with Gasteiger partial charge >= 0.3 is 6.03 Å². The van der Waals surface area contributed by atoms with Crippen LogP contribution < -0.4 is 20.9 Å². The van der Waals surface area contributed by atoms with Crippen molar-refractivity contribution in [3.05, 3.63) is 54.6 Å². The summed E-state index contributed by atoms with van der Waals surface area (Å²) >= 11 is 0. The van der Waals surface area contributed by atoms with E-state index in [1.807, 2.05) is 66.5 Å². The van der Waals surface area contributed by atoms with Crippen molar-refractivity contribution in [2.75, 3.05) is 23.8 Å². The van der Waals surface area contributed by atoms with Gasteiger partial charge in [0.25, 0.3) is 0 Å². The zero-order valence-corrected chi connectivity index (χ0v) is 14.2. The zero-order chi connectivity index (χ0) is 17.6. The molecule has 0 aromatic heterocycles. The fourth-order valence-corrected chi connectivity index (χ4v) is 2.89. The Balaban J connectivity index is 1.72. The van der Waals surface area contributed by atoms with Crippen LogP contribution in [0.1, 0.15) is 12.8 Å². The number of piperidine rings is 1. The zero-order valence-electron chi connectivity index (χ0n) is 14.2. The van der Waals surface area contributed by atoms with E-state index >= 15 is 0 Å². The average molecular weight is 338 g/mol. The van der Waals surface area contributed by atoms with Crippen molar-refractivity contribution in [1.82, 2.24) is 10.6 Å². The van der Waals surface area contributed by atoms with Gasteiger partial charge in [-0.15, -0.1) is 0 Å². The molecule has 0 bridgehead atoms. The van der Waals surface area contributed by atoms with Gasteiger partial charge in [-0.05, 0) is 37.1 Å². The molecule has 25 heavy (non-hydrogen) atoms. The maximum absolute atomic E-state index is 12.3. The van der Waals surface area contributed by atoms with Gasteiger partial charge < -0.3 is 20.9 Å². The molecule has 2 aromatic carbocycles. The lowest BCUT2D eigenvalue weighted by atomic mass is 10.1. The van der Waals surface area contributed by atoms with Crippen molar-refractivity contribution in [2.24, 2.45) is 0 Å². The van der Waals surface area contributed by atoms with E-state index < -0.39 is 6.04 Å². The van der Waals surface area contributed by atoms with E-state index in [1.165, 1.54) is 0 Å². The van der Waals surface area contributed by atoms with Crippen LogP contribution in [-0.2, 0) is 4.79 Å². The molecule has 1 aliphatic heterocycles. The van der Waals surface area contributed by atoms with Gasteiger partial charge in [0, 0.05) is 19.3 Å². The van der Waals surface area contributed by atoms with Crippen LogP contribution in [-0.4, -0.2) is 31.6 Å². The van der Waals surface area contributed by atoms with Crippen LogP contribution >= 0.6 is 0 Å². The Morgan fingerprint density at radius 3 is 2.60 bits per heavy atom. The Kier molecular flexibility index (Phi) is 5.18. The molecule has 6 nitrogen and oxygen atoms in total. The van der Waals surface area contributed by atoms with Gasteiger partial charge in [0.1, 0.15) is 6.04 Å². The molecule has 0 aliphatic carbocycles. The highest BCUT2D eigenvalue weighted by Gasteiger charge is 2.23. The van der Waals surface area contributed by atoms with Gasteiger partial charge in [0.15, 0.2) is 0 Å². The summed E-state index contributed by atoms with van der Waals surface area (Å²) < 4.78 is 0. The summed E-state index contributed by atoms with van der Waals surface area (Å²) in [7, 11) is 1.95. The second kappa shape index (κ2) is 7.70. The number of benzene rings is 2. The predicted molar refractivity (Wildman–Crippen MR) is 99.1 cm³/mol. The van der Waals surface area contributed by atoms with Crippen molar-refractivity contribution in [3.63, 3.8) is 0 Å². The quantitative estimate of drug-likeness (QED) is 0.802. The molecule has 3 amide bonds. The third kappa shape index (κ3) is 4.09. The summed E-state index contributed by atoms with van der Waals surface area (Å²) in [5, 5.41) is 8.36. The molecular weight excluding hydrogens is 316 g/mol. The Hall–Kier alpha value is -3.02. The third-order valence-corrected chi connectivity index (χ3v) is 4.25. The van der Waals surface area contributed by atoms with Crippen molar-refractivity contribution >= 4 is 29.0 Å². The van der Waals surface area contributed by atoms with Crippen molar-refractivity contribution < 1.29 is 9.59 Å². The number of carbonyl (C=O) groups is 2. The Morgan fingerprint density at radius 1 is 1.12 bits per heavy atom. The number of nitrogens with zero attached hydrogens (tertiary/aromatic N) is 1. The first kappa shape index (κ1) is 16.8. The third-order valence-electron chi connectivity index (χ3n) is 4.25. The highest BCUT2D eigenvalue weighted by atomic mass is 16.2. The fourth-order valence-electron chi connectivity index (χ4n) is 2.89. The lowest BCUT2D eigenvalue weighted by molar-refractivity contribution is -0.124. The summed E-state index contributed by atoms with van der Waals surface area (Å²) in [6.45, 7) is 0.670. The summed E-state index contributed by atoms with van der Waals surface area (Å²) in [6.07, 6.45) is 1.52. The highest BCUT2D eigenvalue weighted by Crippen LogP contribution is 2.30. The van der Waals surface area contributed by atoms with Gasteiger partial charge in [0.2, 0.25) is 5.91 Å². The number of hydrogen-bond donors (Lipinski definition) is 3. The average Bonchev–Trinajstić information content (AvgIpc) is 2.64. The molecule has 1 aliphatic rings. The monoisotopic (exact) mass is 338 g/mol. The number of hydrogen-bond acceptors (Lipinski definition) is 3. The number of nitrogens with one attached hydrogen (secondary N) is 3. The number of anilines is 3. The molecule has 0 radical (unpaired) electrons. The van der Waals surface area contributed by atoms with E-state index in [9.17, 15) is 9.59 Å². The van der Waals surface area contributed by atoms with E-state index in [0.717, 1.165) is 17.8 Å². The molecule has 6 heteroatoms. The molecule has 0 saturated carbocycles. The van der Waals surface area contributed by atoms with Gasteiger partial charge in [-0.3, -0.25) is 4.79 Å². The van der Waals surface area contributed by atoms with E-state index in [1.54, 1.807) is 0 Å². The van der Waals surface area contributed by atoms with Gasteiger partial charge in [0.05, 0.1) is 11.4 Å². The minimum Gasteiger partial charge on any atom is -0.354 e. The Labute approximate surface area is 147 Å². The van der Waals surface area contributed by atoms with Crippen LogP contribution in [0.5, 0.6) is 0 Å². The SMILES string of the molecule is CN(c1ccccc1)c1ccccc1NC(=O)N[C@@H]1CCCNC1=O. The van der Waals surface area contributed by atoms with Crippen LogP contribution in [0.15, 0.2) is 54.6 Å². The van der Waals surface area contributed by atoms with Crippen molar-refractivity contribution in [3.8, 4) is 0 Å². The van der Waals surface area contributed by atoms with E-state index in [-0.39, 0.29) is 11.9 Å². The van der Waals surface area contributed by atoms with Crippen LogP contribution in [0.25, 0.3) is 0 Å². The number of carbonyl (C=O) groups excluding carboxylic acids is 2. The Morgan fingerprint density at radius 2 is 1.84 bits per heavy atom. The predicted octanol–water partition coefficient (Wildman–Crippen LogP) is 2.85. The molecule has 2 aromatic rings. The first-order chi connectivity index (χ1) is 12.1. The molecule has 1 heterocycles. The van der Waals surface area contributed by atoms with Gasteiger partial charge in [-0.1, -0.05) is 30.3 Å². The minimum absolute atomic E-state index is 0.129. The second-order valence-electron chi connectivity index (χ2n) is 6.00. The summed E-state index contributed by atoms with van der Waals surface area (Å²) in [5.74, 6) is -0.129. The number of amides is 3. The van der Waals surface area contributed by atoms with E-state index in [4.69, 9.17) is 0 Å². The van der Waals surface area contributed by atoms with Crippen LogP contribution in [0, 0.1) is 0 Å². The molecule has 3 N–H and O–H groups in total. The Bertz CT molecular complexity index is 748. The number of rotatable bonds is 4. The summed E-state index contributed by atoms with van der Waals surface area (Å²) in [4.78, 5) is 26.1. The largest absolute Gasteiger partial charge is 0.354 e. The van der Waals surface area contributed by atoms with Crippen LogP contribution in [0.2, 0.25) is 0 Å². The summed E-state index contributed by atoms with van der Waals surface area (Å²) in [5.41, 5.74) is 2.57. The minimum atomic E-state index is -0.479. The molecular formula is C19H22N4O2. The molecule has 0 spiro atoms. The standard InChI is InChI=1S/C19H22N4O2/c1-23(14-8-3-2-4-9-14)17-12-6-5-10-15(17)21-19(25)22-16-11-7-13-20-18(16)24/h2-6,8-10,12,16H,7,11,13H2,1H3,(H,20,24)(H2,21,22,25)/t16-/m1/s1. The smallest absolute Gasteiger partial charge is 0.319 e. The molecule has 1 atom stereocenters. The van der Waals surface area contributed by atoms with Crippen LogP contribution in [0.3, 0.4) is 0 Å². The first-order valence-corrected chi connectivity index (χ1v) is 8.38. The van der Waals surface area contributed by atoms with E-state index in [0.29, 0.717) is 18.7 Å². The first-order valence-electron chi connectivity index (χ1n) is 8.38. The summed E-state index contributed by atoms with van der Waals surface area (Å²) in [6, 6.07) is 16.6. The second-order valence-corrected chi connectivity index (χ2v) is 6.00. The molecule has 3 rings (SSSR count). The lowest BCUT2D eigenvalue weighted by Crippen LogP contribution is -2.51. The normalized spacial score (nSPS) is 16.7.